The Morgan fingerprint density at radius 2 is 2.05 bits per heavy atom. The van der Waals surface area contributed by atoms with Gasteiger partial charge < -0.3 is 20.1 Å². The number of hydrogen-bond acceptors (Lipinski definition) is 3. The zero-order chi connectivity index (χ0) is 16.3. The average Bonchev–Trinajstić information content (AvgIpc) is 2.90. The normalized spacial score (nSPS) is 19.9. The Hall–Kier alpha value is -1.96. The third kappa shape index (κ3) is 3.82. The average molecular weight is 318 g/mol. The highest BCUT2D eigenvalue weighted by molar-refractivity contribution is 5.75. The molecule has 22 heavy (non-hydrogen) atoms. The van der Waals surface area contributed by atoms with E-state index in [0.717, 1.165) is 0 Å². The highest BCUT2D eigenvalue weighted by Crippen LogP contribution is 2.33. The molecule has 2 atom stereocenters. The fourth-order valence-corrected chi connectivity index (χ4v) is 2.29. The van der Waals surface area contributed by atoms with E-state index in [-0.39, 0.29) is 18.7 Å². The molecular formula is C14H17F3N2O3. The van der Waals surface area contributed by atoms with Crippen LogP contribution >= 0.6 is 0 Å². The minimum absolute atomic E-state index is 0.0407. The molecule has 1 fully saturated rings. The lowest BCUT2D eigenvalue weighted by Gasteiger charge is -2.25. The van der Waals surface area contributed by atoms with E-state index in [1.54, 1.807) is 0 Å². The summed E-state index contributed by atoms with van der Waals surface area (Å²) in [6.07, 6.45) is -4.94. The van der Waals surface area contributed by atoms with Crippen LogP contribution in [0.2, 0.25) is 0 Å². The SMILES string of the molecule is COc1ccc([C@@H](NC(=O)N2CC[C@H](O)C2)C(F)(F)F)cc1. The van der Waals surface area contributed by atoms with Crippen LogP contribution in [0.4, 0.5) is 18.0 Å². The van der Waals surface area contributed by atoms with Gasteiger partial charge in [0.15, 0.2) is 6.04 Å². The summed E-state index contributed by atoms with van der Waals surface area (Å²) in [4.78, 5) is 13.1. The van der Waals surface area contributed by atoms with Crippen molar-refractivity contribution in [3.8, 4) is 5.75 Å². The van der Waals surface area contributed by atoms with Crippen molar-refractivity contribution >= 4 is 6.03 Å². The summed E-state index contributed by atoms with van der Waals surface area (Å²) >= 11 is 0. The Kier molecular flexibility index (Phi) is 4.80. The summed E-state index contributed by atoms with van der Waals surface area (Å²) in [7, 11) is 1.41. The summed E-state index contributed by atoms with van der Waals surface area (Å²) in [5.74, 6) is 0.429. The van der Waals surface area contributed by atoms with Crippen molar-refractivity contribution in [1.29, 1.82) is 0 Å². The third-order valence-corrected chi connectivity index (χ3v) is 3.49. The van der Waals surface area contributed by atoms with Crippen molar-refractivity contribution < 1.29 is 27.8 Å². The molecule has 0 bridgehead atoms. The third-order valence-electron chi connectivity index (χ3n) is 3.49. The van der Waals surface area contributed by atoms with Crippen LogP contribution in [-0.2, 0) is 0 Å². The minimum atomic E-state index is -4.62. The number of β-amino-alcohol motifs (C(OH)–C–C–N with tert-alkyl or cyclic N) is 1. The molecule has 0 aromatic heterocycles. The maximum Gasteiger partial charge on any atom is 0.412 e. The maximum absolute atomic E-state index is 13.2. The molecule has 1 aliphatic heterocycles. The summed E-state index contributed by atoms with van der Waals surface area (Å²) < 4.78 is 44.5. The summed E-state index contributed by atoms with van der Waals surface area (Å²) in [6, 6.07) is 2.38. The Morgan fingerprint density at radius 3 is 2.50 bits per heavy atom. The Balaban J connectivity index is 2.14. The molecule has 2 amide bonds. The zero-order valence-corrected chi connectivity index (χ0v) is 11.9. The lowest BCUT2D eigenvalue weighted by molar-refractivity contribution is -0.155. The molecule has 1 saturated heterocycles. The number of rotatable bonds is 3. The van der Waals surface area contributed by atoms with Crippen molar-refractivity contribution in [2.24, 2.45) is 0 Å². The molecule has 1 aromatic rings. The van der Waals surface area contributed by atoms with Gasteiger partial charge in [-0.25, -0.2) is 4.79 Å². The van der Waals surface area contributed by atoms with Crippen molar-refractivity contribution in [2.75, 3.05) is 20.2 Å². The predicted molar refractivity (Wildman–Crippen MR) is 72.5 cm³/mol. The first-order valence-corrected chi connectivity index (χ1v) is 6.75. The van der Waals surface area contributed by atoms with Crippen LogP contribution in [0, 0.1) is 0 Å². The number of hydrogen-bond donors (Lipinski definition) is 2. The molecular weight excluding hydrogens is 301 g/mol. The second-order valence-electron chi connectivity index (χ2n) is 5.09. The molecule has 0 spiro atoms. The number of methoxy groups -OCH3 is 1. The maximum atomic E-state index is 13.2. The van der Waals surface area contributed by atoms with E-state index in [1.165, 1.54) is 36.3 Å². The van der Waals surface area contributed by atoms with Crippen LogP contribution in [0.1, 0.15) is 18.0 Å². The predicted octanol–water partition coefficient (Wildman–Crippen LogP) is 2.07. The summed E-state index contributed by atoms with van der Waals surface area (Å²) in [6.45, 7) is 0.277. The molecule has 0 unspecified atom stereocenters. The number of nitrogens with zero attached hydrogens (tertiary/aromatic N) is 1. The molecule has 0 radical (unpaired) electrons. The second-order valence-corrected chi connectivity index (χ2v) is 5.09. The van der Waals surface area contributed by atoms with Crippen molar-refractivity contribution in [3.05, 3.63) is 29.8 Å². The number of nitrogens with one attached hydrogen (secondary N) is 1. The number of benzene rings is 1. The first-order valence-electron chi connectivity index (χ1n) is 6.75. The monoisotopic (exact) mass is 318 g/mol. The minimum Gasteiger partial charge on any atom is -0.497 e. The first kappa shape index (κ1) is 16.4. The number of aliphatic hydroxyl groups excluding tert-OH is 1. The smallest absolute Gasteiger partial charge is 0.412 e. The van der Waals surface area contributed by atoms with Crippen LogP contribution in [0.5, 0.6) is 5.75 Å². The Labute approximate surface area is 125 Å². The number of amides is 2. The fraction of sp³-hybridized carbons (Fsp3) is 0.500. The lowest BCUT2D eigenvalue weighted by Crippen LogP contribution is -2.45. The van der Waals surface area contributed by atoms with Gasteiger partial charge in [-0.2, -0.15) is 13.2 Å². The standard InChI is InChI=1S/C14H17F3N2O3/c1-22-11-4-2-9(3-5-11)12(14(15,16)17)18-13(21)19-7-6-10(20)8-19/h2-5,10,12,20H,6-8H2,1H3,(H,18,21)/t10-,12+/m0/s1. The van der Waals surface area contributed by atoms with E-state index in [1.807, 2.05) is 5.32 Å². The van der Waals surface area contributed by atoms with Gasteiger partial charge in [-0.3, -0.25) is 0 Å². The summed E-state index contributed by atoms with van der Waals surface area (Å²) in [5, 5.41) is 11.3. The van der Waals surface area contributed by atoms with Crippen LogP contribution in [0.15, 0.2) is 24.3 Å². The number of carbonyl (C=O) groups excluding carboxylic acids is 1. The fourth-order valence-electron chi connectivity index (χ4n) is 2.29. The molecule has 2 N–H and O–H groups in total. The van der Waals surface area contributed by atoms with Gasteiger partial charge in [0.25, 0.3) is 0 Å². The number of halogens is 3. The molecule has 0 saturated carbocycles. The van der Waals surface area contributed by atoms with Crippen molar-refractivity contribution in [2.45, 2.75) is 24.7 Å². The van der Waals surface area contributed by atoms with E-state index in [9.17, 15) is 23.1 Å². The van der Waals surface area contributed by atoms with Crippen molar-refractivity contribution in [3.63, 3.8) is 0 Å². The van der Waals surface area contributed by atoms with Gasteiger partial charge in [0.2, 0.25) is 0 Å². The Morgan fingerprint density at radius 1 is 1.41 bits per heavy atom. The first-order chi connectivity index (χ1) is 10.3. The van der Waals surface area contributed by atoms with Crippen LogP contribution < -0.4 is 10.1 Å². The number of aliphatic hydroxyl groups is 1. The molecule has 8 heteroatoms. The molecule has 5 nitrogen and oxygen atoms in total. The molecule has 1 aliphatic rings. The van der Waals surface area contributed by atoms with Gasteiger partial charge in [0, 0.05) is 13.1 Å². The van der Waals surface area contributed by atoms with Gasteiger partial charge in [-0.15, -0.1) is 0 Å². The van der Waals surface area contributed by atoms with Crippen molar-refractivity contribution in [1.82, 2.24) is 10.2 Å². The Bertz CT molecular complexity index is 519. The molecule has 2 rings (SSSR count). The molecule has 1 aromatic carbocycles. The van der Waals surface area contributed by atoms with Gasteiger partial charge >= 0.3 is 12.2 Å². The van der Waals surface area contributed by atoms with Gasteiger partial charge in [-0.1, -0.05) is 12.1 Å². The van der Waals surface area contributed by atoms with E-state index in [2.05, 4.69) is 0 Å². The quantitative estimate of drug-likeness (QED) is 0.897. The molecule has 0 aliphatic carbocycles. The number of likely N-dealkylation sites (tertiary alicyclic amines) is 1. The van der Waals surface area contributed by atoms with Crippen LogP contribution in [0.3, 0.4) is 0 Å². The molecule has 1 heterocycles. The highest BCUT2D eigenvalue weighted by Gasteiger charge is 2.43. The number of carbonyl (C=O) groups is 1. The summed E-state index contributed by atoms with van der Waals surface area (Å²) in [5.41, 5.74) is -0.0820. The lowest BCUT2D eigenvalue weighted by atomic mass is 10.1. The topological polar surface area (TPSA) is 61.8 Å². The van der Waals surface area contributed by atoms with Crippen LogP contribution in [-0.4, -0.2) is 48.5 Å². The highest BCUT2D eigenvalue weighted by atomic mass is 19.4. The van der Waals surface area contributed by atoms with Gasteiger partial charge in [-0.05, 0) is 24.1 Å². The largest absolute Gasteiger partial charge is 0.497 e. The number of ether oxygens (including phenoxy) is 1. The molecule has 122 valence electrons. The van der Waals surface area contributed by atoms with Gasteiger partial charge in [0.1, 0.15) is 5.75 Å². The van der Waals surface area contributed by atoms with E-state index >= 15 is 0 Å². The second kappa shape index (κ2) is 6.43. The van der Waals surface area contributed by atoms with E-state index in [4.69, 9.17) is 4.74 Å². The van der Waals surface area contributed by atoms with Crippen LogP contribution in [0.25, 0.3) is 0 Å². The number of alkyl halides is 3. The van der Waals surface area contributed by atoms with E-state index < -0.39 is 24.4 Å². The van der Waals surface area contributed by atoms with E-state index in [0.29, 0.717) is 12.2 Å². The number of urea groups is 1. The van der Waals surface area contributed by atoms with Gasteiger partial charge in [0.05, 0.1) is 13.2 Å². The zero-order valence-electron chi connectivity index (χ0n) is 11.9.